The Balaban J connectivity index is 2.60. The van der Waals surface area contributed by atoms with Crippen molar-refractivity contribution in [2.24, 2.45) is 0 Å². The minimum absolute atomic E-state index is 0.0545. The first-order valence-corrected chi connectivity index (χ1v) is 6.29. The van der Waals surface area contributed by atoms with Crippen LogP contribution in [-0.2, 0) is 14.3 Å². The summed E-state index contributed by atoms with van der Waals surface area (Å²) in [6, 6.07) is 3.47. The number of benzene rings is 1. The van der Waals surface area contributed by atoms with Crippen LogP contribution in [0.1, 0.15) is 16.9 Å². The molecule has 1 aromatic carbocycles. The van der Waals surface area contributed by atoms with E-state index in [2.05, 4.69) is 10.1 Å². The second-order valence-electron chi connectivity index (χ2n) is 4.74. The first-order chi connectivity index (χ1) is 9.85. The Hall–Kier alpha value is -2.63. The largest absolute Gasteiger partial charge is 0.462 e. The van der Waals surface area contributed by atoms with E-state index >= 15 is 0 Å². The predicted octanol–water partition coefficient (Wildman–Crippen LogP) is 1.83. The molecule has 2 rings (SSSR count). The van der Waals surface area contributed by atoms with Crippen molar-refractivity contribution >= 4 is 28.5 Å². The van der Waals surface area contributed by atoms with Crippen LogP contribution >= 0.6 is 0 Å². The topological polar surface area (TPSA) is 85.6 Å². The van der Waals surface area contributed by atoms with Crippen LogP contribution in [0.3, 0.4) is 0 Å². The lowest BCUT2D eigenvalue weighted by molar-refractivity contribution is -0.150. The predicted molar refractivity (Wildman–Crippen MR) is 77.3 cm³/mol. The monoisotopic (exact) mass is 289 g/mol. The molecule has 1 N–H and O–H groups in total. The van der Waals surface area contributed by atoms with Gasteiger partial charge >= 0.3 is 11.9 Å². The Morgan fingerprint density at radius 1 is 1.14 bits per heavy atom. The standard InChI is InChI=1S/C15H15NO5/c1-7-5-10-11(6-8(7)2)21-9(3)12(13(10)17)16-14(18)15(19)20-4/h5-6H,1-4H3,(H,16,18). The van der Waals surface area contributed by atoms with Gasteiger partial charge in [0, 0.05) is 0 Å². The molecule has 1 amide bonds. The third kappa shape index (κ3) is 2.65. The smallest absolute Gasteiger partial charge is 0.396 e. The van der Waals surface area contributed by atoms with E-state index in [4.69, 9.17) is 4.42 Å². The molecule has 0 aliphatic heterocycles. The number of ether oxygens (including phenoxy) is 1. The zero-order valence-corrected chi connectivity index (χ0v) is 12.2. The summed E-state index contributed by atoms with van der Waals surface area (Å²) in [7, 11) is 1.09. The van der Waals surface area contributed by atoms with Crippen molar-refractivity contribution in [2.45, 2.75) is 20.8 Å². The van der Waals surface area contributed by atoms with E-state index < -0.39 is 17.3 Å². The number of fused-ring (bicyclic) bond motifs is 1. The van der Waals surface area contributed by atoms with Crippen LogP contribution in [0.4, 0.5) is 5.69 Å². The number of esters is 1. The Morgan fingerprint density at radius 2 is 1.76 bits per heavy atom. The third-order valence-corrected chi connectivity index (χ3v) is 3.29. The average molecular weight is 289 g/mol. The van der Waals surface area contributed by atoms with Gasteiger partial charge in [0.05, 0.1) is 12.5 Å². The molecule has 0 radical (unpaired) electrons. The van der Waals surface area contributed by atoms with Gasteiger partial charge in [-0.25, -0.2) is 4.79 Å². The van der Waals surface area contributed by atoms with Crippen LogP contribution in [-0.4, -0.2) is 19.0 Å². The summed E-state index contributed by atoms with van der Waals surface area (Å²) < 4.78 is 9.86. The number of carbonyl (C=O) groups excluding carboxylic acids is 2. The number of carbonyl (C=O) groups is 2. The highest BCUT2D eigenvalue weighted by Gasteiger charge is 2.19. The van der Waals surface area contributed by atoms with Gasteiger partial charge in [0.2, 0.25) is 5.43 Å². The summed E-state index contributed by atoms with van der Waals surface area (Å²) in [6.07, 6.45) is 0. The Kier molecular flexibility index (Phi) is 3.80. The van der Waals surface area contributed by atoms with Crippen LogP contribution in [0.25, 0.3) is 11.0 Å². The van der Waals surface area contributed by atoms with Crippen molar-refractivity contribution < 1.29 is 18.7 Å². The molecule has 0 saturated carbocycles. The SMILES string of the molecule is COC(=O)C(=O)Nc1c(C)oc2cc(C)c(C)cc2c1=O. The normalized spacial score (nSPS) is 10.5. The summed E-state index contributed by atoms with van der Waals surface area (Å²) in [5.41, 5.74) is 1.92. The van der Waals surface area contributed by atoms with Crippen LogP contribution in [0.2, 0.25) is 0 Å². The number of anilines is 1. The van der Waals surface area contributed by atoms with Crippen molar-refractivity contribution in [2.75, 3.05) is 12.4 Å². The molecular weight excluding hydrogens is 274 g/mol. The van der Waals surface area contributed by atoms with Crippen molar-refractivity contribution in [3.63, 3.8) is 0 Å². The van der Waals surface area contributed by atoms with E-state index in [0.29, 0.717) is 11.0 Å². The van der Waals surface area contributed by atoms with E-state index in [9.17, 15) is 14.4 Å². The molecule has 2 aromatic rings. The maximum atomic E-state index is 12.4. The second kappa shape index (κ2) is 5.40. The minimum atomic E-state index is -1.08. The van der Waals surface area contributed by atoms with Gasteiger partial charge in [-0.3, -0.25) is 9.59 Å². The first kappa shape index (κ1) is 14.8. The molecule has 6 nitrogen and oxygen atoms in total. The van der Waals surface area contributed by atoms with Crippen LogP contribution in [0.5, 0.6) is 0 Å². The van der Waals surface area contributed by atoms with Gasteiger partial charge < -0.3 is 14.5 Å². The number of rotatable bonds is 1. The summed E-state index contributed by atoms with van der Waals surface area (Å²) in [5.74, 6) is -1.86. The molecule has 110 valence electrons. The minimum Gasteiger partial charge on any atom is -0.462 e. The third-order valence-electron chi connectivity index (χ3n) is 3.29. The highest BCUT2D eigenvalue weighted by Crippen LogP contribution is 2.21. The molecule has 0 aliphatic rings. The van der Waals surface area contributed by atoms with Gasteiger partial charge in [-0.05, 0) is 44.0 Å². The van der Waals surface area contributed by atoms with E-state index in [1.165, 1.54) is 0 Å². The van der Waals surface area contributed by atoms with Crippen LogP contribution in [0.15, 0.2) is 21.3 Å². The zero-order chi connectivity index (χ0) is 15.7. The van der Waals surface area contributed by atoms with Crippen molar-refractivity contribution in [1.82, 2.24) is 0 Å². The fraction of sp³-hybridized carbons (Fsp3) is 0.267. The average Bonchev–Trinajstić information content (AvgIpc) is 2.44. The number of hydrogen-bond donors (Lipinski definition) is 1. The molecule has 0 saturated heterocycles. The van der Waals surface area contributed by atoms with E-state index in [0.717, 1.165) is 18.2 Å². The van der Waals surface area contributed by atoms with Gasteiger partial charge in [0.1, 0.15) is 17.0 Å². The van der Waals surface area contributed by atoms with E-state index in [-0.39, 0.29) is 11.4 Å². The van der Waals surface area contributed by atoms with Crippen LogP contribution in [0, 0.1) is 20.8 Å². The molecule has 0 fully saturated rings. The molecule has 6 heteroatoms. The molecule has 1 aromatic heterocycles. The van der Waals surface area contributed by atoms with Gasteiger partial charge in [-0.2, -0.15) is 0 Å². The van der Waals surface area contributed by atoms with E-state index in [1.54, 1.807) is 19.1 Å². The maximum Gasteiger partial charge on any atom is 0.396 e. The molecule has 21 heavy (non-hydrogen) atoms. The second-order valence-corrected chi connectivity index (χ2v) is 4.74. The van der Waals surface area contributed by atoms with Gasteiger partial charge in [-0.15, -0.1) is 0 Å². The number of aryl methyl sites for hydroxylation is 3. The summed E-state index contributed by atoms with van der Waals surface area (Å²) in [4.78, 5) is 35.1. The highest BCUT2D eigenvalue weighted by molar-refractivity contribution is 6.37. The lowest BCUT2D eigenvalue weighted by atomic mass is 10.1. The molecule has 0 spiro atoms. The zero-order valence-electron chi connectivity index (χ0n) is 12.2. The summed E-state index contributed by atoms with van der Waals surface area (Å²) >= 11 is 0. The fourth-order valence-corrected chi connectivity index (χ4v) is 1.96. The molecule has 0 bridgehead atoms. The number of amides is 1. The highest BCUT2D eigenvalue weighted by atomic mass is 16.5. The van der Waals surface area contributed by atoms with Crippen molar-refractivity contribution in [1.29, 1.82) is 0 Å². The lowest BCUT2D eigenvalue weighted by Crippen LogP contribution is -2.27. The summed E-state index contributed by atoms with van der Waals surface area (Å²) in [6.45, 7) is 5.33. The molecule has 0 atom stereocenters. The van der Waals surface area contributed by atoms with Crippen molar-refractivity contribution in [3.05, 3.63) is 39.2 Å². The Labute approximate surface area is 120 Å². The quantitative estimate of drug-likeness (QED) is 0.639. The maximum absolute atomic E-state index is 12.4. The Bertz CT molecular complexity index is 804. The van der Waals surface area contributed by atoms with Crippen molar-refractivity contribution in [3.8, 4) is 0 Å². The number of methoxy groups -OCH3 is 1. The molecule has 0 aliphatic carbocycles. The van der Waals surface area contributed by atoms with E-state index in [1.807, 2.05) is 13.8 Å². The Morgan fingerprint density at radius 3 is 2.38 bits per heavy atom. The number of nitrogens with one attached hydrogen (secondary N) is 1. The van der Waals surface area contributed by atoms with Gasteiger partial charge in [-0.1, -0.05) is 0 Å². The lowest BCUT2D eigenvalue weighted by Gasteiger charge is -2.09. The number of hydrogen-bond acceptors (Lipinski definition) is 5. The van der Waals surface area contributed by atoms with Crippen LogP contribution < -0.4 is 10.7 Å². The van der Waals surface area contributed by atoms with Gasteiger partial charge in [0.15, 0.2) is 0 Å². The fourth-order valence-electron chi connectivity index (χ4n) is 1.96. The molecule has 1 heterocycles. The van der Waals surface area contributed by atoms with Gasteiger partial charge in [0.25, 0.3) is 0 Å². The summed E-state index contributed by atoms with van der Waals surface area (Å²) in [5, 5.41) is 2.59. The molecular formula is C15H15NO5. The first-order valence-electron chi connectivity index (χ1n) is 6.29. The molecule has 0 unspecified atom stereocenters.